The SMILES string of the molecule is CCNC(=NCc1cc(OC)ccc1OC(F)F)NCC1CCCN(C(C)C)C1.I. The Labute approximate surface area is 195 Å². The van der Waals surface area contributed by atoms with Crippen LogP contribution in [0.25, 0.3) is 0 Å². The van der Waals surface area contributed by atoms with E-state index >= 15 is 0 Å². The molecule has 1 aliphatic heterocycles. The molecule has 6 nitrogen and oxygen atoms in total. The van der Waals surface area contributed by atoms with Crippen LogP contribution < -0.4 is 20.1 Å². The smallest absolute Gasteiger partial charge is 0.387 e. The zero-order chi connectivity index (χ0) is 21.2. The van der Waals surface area contributed by atoms with E-state index in [1.54, 1.807) is 12.1 Å². The largest absolute Gasteiger partial charge is 0.497 e. The summed E-state index contributed by atoms with van der Waals surface area (Å²) in [6, 6.07) is 5.31. The van der Waals surface area contributed by atoms with E-state index in [1.165, 1.54) is 26.0 Å². The minimum Gasteiger partial charge on any atom is -0.497 e. The standard InChI is InChI=1S/C21H34F2N4O2.HI/c1-5-24-21(25-12-16-7-6-10-27(14-16)15(2)3)26-13-17-11-18(28-4)8-9-19(17)29-20(22)23;/h8-9,11,15-16,20H,5-7,10,12-14H2,1-4H3,(H2,24,25,26);1H. The lowest BCUT2D eigenvalue weighted by Crippen LogP contribution is -2.46. The summed E-state index contributed by atoms with van der Waals surface area (Å²) in [4.78, 5) is 7.07. The molecular formula is C21H35F2IN4O2. The highest BCUT2D eigenvalue weighted by molar-refractivity contribution is 14.0. The van der Waals surface area contributed by atoms with Gasteiger partial charge in [-0.05, 0) is 64.3 Å². The van der Waals surface area contributed by atoms with E-state index in [2.05, 4.69) is 39.1 Å². The van der Waals surface area contributed by atoms with Crippen LogP contribution in [0.1, 0.15) is 39.2 Å². The fourth-order valence-electron chi connectivity index (χ4n) is 3.50. The molecule has 0 radical (unpaired) electrons. The number of halogens is 3. The van der Waals surface area contributed by atoms with Crippen molar-refractivity contribution in [2.45, 2.75) is 52.8 Å². The van der Waals surface area contributed by atoms with Crippen molar-refractivity contribution in [2.75, 3.05) is 33.3 Å². The molecule has 1 atom stereocenters. The van der Waals surface area contributed by atoms with Crippen LogP contribution in [0, 0.1) is 5.92 Å². The lowest BCUT2D eigenvalue weighted by molar-refractivity contribution is -0.0504. The minimum atomic E-state index is -2.88. The number of hydrogen-bond donors (Lipinski definition) is 2. The molecule has 0 amide bonds. The Kier molecular flexibility index (Phi) is 12.3. The summed E-state index contributed by atoms with van der Waals surface area (Å²) >= 11 is 0. The Hall–Kier alpha value is -1.36. The van der Waals surface area contributed by atoms with Crippen molar-refractivity contribution in [1.29, 1.82) is 0 Å². The van der Waals surface area contributed by atoms with Gasteiger partial charge in [0.25, 0.3) is 0 Å². The monoisotopic (exact) mass is 540 g/mol. The highest BCUT2D eigenvalue weighted by atomic mass is 127. The molecule has 1 fully saturated rings. The van der Waals surface area contributed by atoms with Crippen LogP contribution in [0.15, 0.2) is 23.2 Å². The molecule has 0 saturated carbocycles. The second kappa shape index (κ2) is 13.8. The first kappa shape index (κ1) is 26.7. The Morgan fingerprint density at radius 1 is 1.30 bits per heavy atom. The topological polar surface area (TPSA) is 58.1 Å². The summed E-state index contributed by atoms with van der Waals surface area (Å²) < 4.78 is 35.2. The van der Waals surface area contributed by atoms with Crippen LogP contribution in [0.3, 0.4) is 0 Å². The molecule has 1 aromatic carbocycles. The van der Waals surface area contributed by atoms with Crippen LogP contribution in [0.5, 0.6) is 11.5 Å². The van der Waals surface area contributed by atoms with Crippen molar-refractivity contribution in [2.24, 2.45) is 10.9 Å². The van der Waals surface area contributed by atoms with Gasteiger partial charge in [-0.15, -0.1) is 24.0 Å². The molecule has 0 spiro atoms. The van der Waals surface area contributed by atoms with Gasteiger partial charge < -0.3 is 25.0 Å². The van der Waals surface area contributed by atoms with Gasteiger partial charge in [0.05, 0.1) is 13.7 Å². The molecule has 9 heteroatoms. The number of methoxy groups -OCH3 is 1. The summed E-state index contributed by atoms with van der Waals surface area (Å²) in [5.74, 6) is 1.91. The van der Waals surface area contributed by atoms with Crippen molar-refractivity contribution in [3.8, 4) is 11.5 Å². The van der Waals surface area contributed by atoms with Crippen molar-refractivity contribution >= 4 is 29.9 Å². The van der Waals surface area contributed by atoms with Crippen LogP contribution >= 0.6 is 24.0 Å². The van der Waals surface area contributed by atoms with E-state index in [-0.39, 0.29) is 36.3 Å². The normalized spacial score (nSPS) is 17.6. The third-order valence-corrected chi connectivity index (χ3v) is 5.07. The molecule has 1 unspecified atom stereocenters. The molecule has 172 valence electrons. The van der Waals surface area contributed by atoms with E-state index in [1.807, 2.05) is 6.92 Å². The third kappa shape index (κ3) is 8.79. The fourth-order valence-corrected chi connectivity index (χ4v) is 3.50. The highest BCUT2D eigenvalue weighted by Gasteiger charge is 2.21. The summed E-state index contributed by atoms with van der Waals surface area (Å²) in [6.45, 7) is 7.56. The minimum absolute atomic E-state index is 0. The van der Waals surface area contributed by atoms with E-state index in [4.69, 9.17) is 4.74 Å². The summed E-state index contributed by atoms with van der Waals surface area (Å²) in [7, 11) is 1.53. The van der Waals surface area contributed by atoms with Crippen LogP contribution in [0.2, 0.25) is 0 Å². The average molecular weight is 540 g/mol. The number of guanidine groups is 1. The maximum absolute atomic E-state index is 12.7. The Bertz CT molecular complexity index is 662. The number of alkyl halides is 2. The van der Waals surface area contributed by atoms with Gasteiger partial charge in [-0.25, -0.2) is 4.99 Å². The zero-order valence-electron chi connectivity index (χ0n) is 18.3. The molecule has 1 saturated heterocycles. The van der Waals surface area contributed by atoms with Crippen molar-refractivity contribution < 1.29 is 18.3 Å². The number of likely N-dealkylation sites (tertiary alicyclic amines) is 1. The maximum Gasteiger partial charge on any atom is 0.387 e. The molecule has 0 aromatic heterocycles. The molecule has 30 heavy (non-hydrogen) atoms. The number of benzene rings is 1. The molecule has 2 N–H and O–H groups in total. The van der Waals surface area contributed by atoms with Gasteiger partial charge in [-0.3, -0.25) is 0 Å². The van der Waals surface area contributed by atoms with E-state index in [9.17, 15) is 8.78 Å². The number of nitrogens with one attached hydrogen (secondary N) is 2. The lowest BCUT2D eigenvalue weighted by atomic mass is 9.97. The Balaban J connectivity index is 0.00000450. The predicted octanol–water partition coefficient (Wildman–Crippen LogP) is 4.09. The van der Waals surface area contributed by atoms with Crippen LogP contribution in [-0.4, -0.2) is 56.8 Å². The van der Waals surface area contributed by atoms with Gasteiger partial charge in [-0.2, -0.15) is 8.78 Å². The highest BCUT2D eigenvalue weighted by Crippen LogP contribution is 2.26. The fraction of sp³-hybridized carbons (Fsp3) is 0.667. The summed E-state index contributed by atoms with van der Waals surface area (Å²) in [5, 5.41) is 6.62. The van der Waals surface area contributed by atoms with E-state index in [0.29, 0.717) is 35.8 Å². The number of piperidine rings is 1. The van der Waals surface area contributed by atoms with Gasteiger partial charge in [0, 0.05) is 31.2 Å². The van der Waals surface area contributed by atoms with Gasteiger partial charge in [0.15, 0.2) is 5.96 Å². The molecule has 2 rings (SSSR count). The second-order valence-corrected chi connectivity index (χ2v) is 7.53. The summed E-state index contributed by atoms with van der Waals surface area (Å²) in [5.41, 5.74) is 0.547. The Morgan fingerprint density at radius 3 is 2.70 bits per heavy atom. The average Bonchev–Trinajstić information content (AvgIpc) is 2.70. The maximum atomic E-state index is 12.7. The number of hydrogen-bond acceptors (Lipinski definition) is 4. The van der Waals surface area contributed by atoms with Crippen LogP contribution in [-0.2, 0) is 6.54 Å². The molecule has 1 aliphatic rings. The van der Waals surface area contributed by atoms with E-state index < -0.39 is 6.61 Å². The molecule has 0 bridgehead atoms. The first-order valence-electron chi connectivity index (χ1n) is 10.3. The quantitative estimate of drug-likeness (QED) is 0.281. The van der Waals surface area contributed by atoms with Crippen molar-refractivity contribution in [3.63, 3.8) is 0 Å². The molecule has 1 aromatic rings. The molecule has 1 heterocycles. The summed E-state index contributed by atoms with van der Waals surface area (Å²) in [6.07, 6.45) is 2.40. The number of ether oxygens (including phenoxy) is 2. The number of nitrogens with zero attached hydrogens (tertiary/aromatic N) is 2. The van der Waals surface area contributed by atoms with Crippen LogP contribution in [0.4, 0.5) is 8.78 Å². The third-order valence-electron chi connectivity index (χ3n) is 5.07. The molecular weight excluding hydrogens is 505 g/mol. The van der Waals surface area contributed by atoms with E-state index in [0.717, 1.165) is 19.6 Å². The predicted molar refractivity (Wildman–Crippen MR) is 127 cm³/mol. The zero-order valence-corrected chi connectivity index (χ0v) is 20.6. The molecule has 0 aliphatic carbocycles. The first-order valence-corrected chi connectivity index (χ1v) is 10.3. The number of aliphatic imine (C=N–C) groups is 1. The first-order chi connectivity index (χ1) is 13.9. The van der Waals surface area contributed by atoms with Crippen molar-refractivity contribution in [1.82, 2.24) is 15.5 Å². The Morgan fingerprint density at radius 2 is 2.07 bits per heavy atom. The van der Waals surface area contributed by atoms with Gasteiger partial charge >= 0.3 is 6.61 Å². The van der Waals surface area contributed by atoms with Gasteiger partial charge in [-0.1, -0.05) is 0 Å². The lowest BCUT2D eigenvalue weighted by Gasteiger charge is -2.35. The second-order valence-electron chi connectivity index (χ2n) is 7.53. The number of rotatable bonds is 9. The van der Waals surface area contributed by atoms with Gasteiger partial charge in [0.1, 0.15) is 11.5 Å². The van der Waals surface area contributed by atoms with Gasteiger partial charge in [0.2, 0.25) is 0 Å². The van der Waals surface area contributed by atoms with Crippen molar-refractivity contribution in [3.05, 3.63) is 23.8 Å².